The third-order valence-corrected chi connectivity index (χ3v) is 3.99. The quantitative estimate of drug-likeness (QED) is 0.724. The van der Waals surface area contributed by atoms with Crippen LogP contribution in [-0.4, -0.2) is 5.91 Å². The molecule has 3 heteroatoms. The average molecular weight is 316 g/mol. The van der Waals surface area contributed by atoms with Gasteiger partial charge in [-0.05, 0) is 48.4 Å². The zero-order valence-corrected chi connectivity index (χ0v) is 13.6. The molecular formula is C21H20N2O. The van der Waals surface area contributed by atoms with Gasteiger partial charge in [-0.15, -0.1) is 0 Å². The van der Waals surface area contributed by atoms with Crippen LogP contribution in [0.3, 0.4) is 0 Å². The molecule has 0 saturated heterocycles. The summed E-state index contributed by atoms with van der Waals surface area (Å²) in [6.45, 7) is 2.54. The van der Waals surface area contributed by atoms with Gasteiger partial charge >= 0.3 is 0 Å². The van der Waals surface area contributed by atoms with E-state index in [2.05, 4.69) is 0 Å². The summed E-state index contributed by atoms with van der Waals surface area (Å²) in [6, 6.07) is 25.0. The van der Waals surface area contributed by atoms with E-state index in [0.717, 1.165) is 16.8 Å². The van der Waals surface area contributed by atoms with E-state index in [1.54, 1.807) is 24.3 Å². The van der Waals surface area contributed by atoms with Crippen LogP contribution in [0.1, 0.15) is 21.5 Å². The number of nitrogen functional groups attached to an aromatic ring is 1. The monoisotopic (exact) mass is 316 g/mol. The predicted octanol–water partition coefficient (Wildman–Crippen LogP) is 4.42. The van der Waals surface area contributed by atoms with Crippen molar-refractivity contribution in [3.63, 3.8) is 0 Å². The molecule has 3 aromatic carbocycles. The third kappa shape index (κ3) is 3.46. The molecule has 3 rings (SSSR count). The maximum absolute atomic E-state index is 13.1. The number of aryl methyl sites for hydroxylation is 1. The van der Waals surface area contributed by atoms with Crippen molar-refractivity contribution in [1.82, 2.24) is 0 Å². The van der Waals surface area contributed by atoms with Crippen molar-refractivity contribution in [3.05, 3.63) is 95.6 Å². The van der Waals surface area contributed by atoms with Gasteiger partial charge in [0.25, 0.3) is 5.91 Å². The van der Waals surface area contributed by atoms with Crippen molar-refractivity contribution in [3.8, 4) is 0 Å². The smallest absolute Gasteiger partial charge is 0.258 e. The molecular weight excluding hydrogens is 296 g/mol. The lowest BCUT2D eigenvalue weighted by Crippen LogP contribution is -2.31. The van der Waals surface area contributed by atoms with Crippen molar-refractivity contribution in [2.75, 3.05) is 10.6 Å². The Bertz CT molecular complexity index is 826. The second-order valence-electron chi connectivity index (χ2n) is 5.79. The molecule has 0 aromatic heterocycles. The number of carbonyl (C=O) groups is 1. The van der Waals surface area contributed by atoms with Gasteiger partial charge < -0.3 is 10.6 Å². The van der Waals surface area contributed by atoms with E-state index in [4.69, 9.17) is 5.73 Å². The fraction of sp³-hybridized carbons (Fsp3) is 0.0952. The summed E-state index contributed by atoms with van der Waals surface area (Å²) < 4.78 is 0. The Kier molecular flexibility index (Phi) is 4.62. The van der Waals surface area contributed by atoms with Gasteiger partial charge in [-0.25, -0.2) is 0 Å². The summed E-state index contributed by atoms with van der Waals surface area (Å²) in [6.07, 6.45) is 0. The van der Waals surface area contributed by atoms with Crippen molar-refractivity contribution in [1.29, 1.82) is 0 Å². The molecule has 0 bridgehead atoms. The highest BCUT2D eigenvalue weighted by molar-refractivity contribution is 6.06. The van der Waals surface area contributed by atoms with Crippen LogP contribution in [0.4, 0.5) is 11.4 Å². The van der Waals surface area contributed by atoms with Crippen molar-refractivity contribution in [2.24, 2.45) is 0 Å². The van der Waals surface area contributed by atoms with Crippen LogP contribution in [0.25, 0.3) is 0 Å². The molecule has 0 saturated carbocycles. The van der Waals surface area contributed by atoms with Crippen LogP contribution in [0.2, 0.25) is 0 Å². The van der Waals surface area contributed by atoms with Crippen LogP contribution in [0, 0.1) is 6.92 Å². The number of carbonyl (C=O) groups excluding carboxylic acids is 1. The highest BCUT2D eigenvalue weighted by Crippen LogP contribution is 2.24. The Balaban J connectivity index is 2.00. The van der Waals surface area contributed by atoms with Gasteiger partial charge in [0.2, 0.25) is 0 Å². The largest absolute Gasteiger partial charge is 0.399 e. The molecule has 3 nitrogen and oxygen atoms in total. The standard InChI is InChI=1S/C21H20N2O/c1-16-7-5-6-10-20(16)23(15-17-8-3-2-4-9-17)21(24)18-11-13-19(22)14-12-18/h2-14H,15,22H2,1H3. The fourth-order valence-corrected chi connectivity index (χ4v) is 2.68. The molecule has 1 amide bonds. The molecule has 0 radical (unpaired) electrons. The Morgan fingerprint density at radius 2 is 1.50 bits per heavy atom. The van der Waals surface area contributed by atoms with E-state index in [1.807, 2.05) is 66.4 Å². The van der Waals surface area contributed by atoms with Gasteiger partial charge in [-0.2, -0.15) is 0 Å². The Labute approximate surface area is 142 Å². The molecule has 0 aliphatic rings. The minimum atomic E-state index is -0.0341. The lowest BCUT2D eigenvalue weighted by molar-refractivity contribution is 0.0985. The van der Waals surface area contributed by atoms with E-state index in [0.29, 0.717) is 17.8 Å². The molecule has 24 heavy (non-hydrogen) atoms. The van der Waals surface area contributed by atoms with E-state index < -0.39 is 0 Å². The molecule has 0 heterocycles. The fourth-order valence-electron chi connectivity index (χ4n) is 2.68. The highest BCUT2D eigenvalue weighted by atomic mass is 16.2. The number of nitrogens with two attached hydrogens (primary N) is 1. The number of nitrogens with zero attached hydrogens (tertiary/aromatic N) is 1. The maximum Gasteiger partial charge on any atom is 0.258 e. The topological polar surface area (TPSA) is 46.3 Å². The van der Waals surface area contributed by atoms with Gasteiger partial charge in [0, 0.05) is 16.9 Å². The van der Waals surface area contributed by atoms with Crippen LogP contribution in [0.5, 0.6) is 0 Å². The van der Waals surface area contributed by atoms with Crippen LogP contribution < -0.4 is 10.6 Å². The number of hydrogen-bond donors (Lipinski definition) is 1. The lowest BCUT2D eigenvalue weighted by Gasteiger charge is -2.25. The Morgan fingerprint density at radius 3 is 2.17 bits per heavy atom. The van der Waals surface area contributed by atoms with Gasteiger partial charge in [0.05, 0.1) is 6.54 Å². The summed E-state index contributed by atoms with van der Waals surface area (Å²) in [5, 5.41) is 0. The van der Waals surface area contributed by atoms with Crippen molar-refractivity contribution >= 4 is 17.3 Å². The molecule has 120 valence electrons. The lowest BCUT2D eigenvalue weighted by atomic mass is 10.1. The number of amides is 1. The molecule has 0 aliphatic carbocycles. The first-order valence-electron chi connectivity index (χ1n) is 7.92. The van der Waals surface area contributed by atoms with Gasteiger partial charge in [-0.3, -0.25) is 4.79 Å². The minimum Gasteiger partial charge on any atom is -0.399 e. The molecule has 0 aliphatic heterocycles. The Morgan fingerprint density at radius 1 is 0.875 bits per heavy atom. The van der Waals surface area contributed by atoms with Gasteiger partial charge in [-0.1, -0.05) is 48.5 Å². The molecule has 0 unspecified atom stereocenters. The summed E-state index contributed by atoms with van der Waals surface area (Å²) in [5.41, 5.74) is 10.1. The summed E-state index contributed by atoms with van der Waals surface area (Å²) in [5.74, 6) is -0.0341. The molecule has 0 atom stereocenters. The highest BCUT2D eigenvalue weighted by Gasteiger charge is 2.19. The van der Waals surface area contributed by atoms with Crippen LogP contribution >= 0.6 is 0 Å². The summed E-state index contributed by atoms with van der Waals surface area (Å²) in [7, 11) is 0. The average Bonchev–Trinajstić information content (AvgIpc) is 2.61. The van der Waals surface area contributed by atoms with Crippen LogP contribution in [-0.2, 0) is 6.54 Å². The molecule has 0 spiro atoms. The third-order valence-electron chi connectivity index (χ3n) is 3.99. The normalized spacial score (nSPS) is 10.4. The minimum absolute atomic E-state index is 0.0341. The van der Waals surface area contributed by atoms with E-state index in [9.17, 15) is 4.79 Å². The second-order valence-corrected chi connectivity index (χ2v) is 5.79. The number of benzene rings is 3. The van der Waals surface area contributed by atoms with Crippen molar-refractivity contribution in [2.45, 2.75) is 13.5 Å². The van der Waals surface area contributed by atoms with E-state index in [-0.39, 0.29) is 5.91 Å². The maximum atomic E-state index is 13.1. The molecule has 3 aromatic rings. The van der Waals surface area contributed by atoms with E-state index in [1.165, 1.54) is 0 Å². The van der Waals surface area contributed by atoms with Gasteiger partial charge in [0.1, 0.15) is 0 Å². The van der Waals surface area contributed by atoms with Crippen LogP contribution in [0.15, 0.2) is 78.9 Å². The molecule has 2 N–H and O–H groups in total. The first kappa shape index (κ1) is 15.8. The van der Waals surface area contributed by atoms with Crippen molar-refractivity contribution < 1.29 is 4.79 Å². The predicted molar refractivity (Wildman–Crippen MR) is 99.0 cm³/mol. The van der Waals surface area contributed by atoms with E-state index >= 15 is 0 Å². The zero-order chi connectivity index (χ0) is 16.9. The first-order chi connectivity index (χ1) is 11.6. The number of anilines is 2. The second kappa shape index (κ2) is 7.01. The number of hydrogen-bond acceptors (Lipinski definition) is 2. The SMILES string of the molecule is Cc1ccccc1N(Cc1ccccc1)C(=O)c1ccc(N)cc1. The summed E-state index contributed by atoms with van der Waals surface area (Å²) >= 11 is 0. The molecule has 0 fully saturated rings. The zero-order valence-electron chi connectivity index (χ0n) is 13.6. The van der Waals surface area contributed by atoms with Gasteiger partial charge in [0.15, 0.2) is 0 Å². The number of rotatable bonds is 4. The number of para-hydroxylation sites is 1. The Hall–Kier alpha value is -3.07. The first-order valence-corrected chi connectivity index (χ1v) is 7.92. The summed E-state index contributed by atoms with van der Waals surface area (Å²) in [4.78, 5) is 14.9.